The highest BCUT2D eigenvalue weighted by Gasteiger charge is 2.41. The molecule has 2 atom stereocenters. The van der Waals surface area contributed by atoms with Crippen molar-refractivity contribution in [1.29, 1.82) is 0 Å². The maximum atomic E-state index is 15.3. The molecule has 2 aromatic carbocycles. The molecule has 0 unspecified atom stereocenters. The Balaban J connectivity index is 1.68. The summed E-state index contributed by atoms with van der Waals surface area (Å²) in [4.78, 5) is 17.0. The fraction of sp³-hybridized carbons (Fsp3) is 0.519. The molecule has 9 heteroatoms. The molecule has 0 bridgehead atoms. The zero-order chi connectivity index (χ0) is 26.3. The number of carbonyl (C=O) groups is 1. The monoisotopic (exact) mass is 517 g/mol. The summed E-state index contributed by atoms with van der Waals surface area (Å²) in [5, 5.41) is 3.49. The Morgan fingerprint density at radius 1 is 1.22 bits per heavy atom. The summed E-state index contributed by atoms with van der Waals surface area (Å²) in [7, 11) is -2.65. The van der Waals surface area contributed by atoms with Crippen LogP contribution in [0.4, 0.5) is 10.1 Å². The van der Waals surface area contributed by atoms with Crippen molar-refractivity contribution >= 4 is 21.4 Å². The molecule has 2 aliphatic rings. The van der Waals surface area contributed by atoms with Crippen LogP contribution in [0.1, 0.15) is 46.1 Å². The smallest absolute Gasteiger partial charge is 0.241 e. The van der Waals surface area contributed by atoms with E-state index in [-0.39, 0.29) is 29.4 Å². The molecule has 0 radical (unpaired) electrons. The first-order valence-corrected chi connectivity index (χ1v) is 14.0. The summed E-state index contributed by atoms with van der Waals surface area (Å²) >= 11 is 0. The fourth-order valence-electron chi connectivity index (χ4n) is 5.29. The Morgan fingerprint density at radius 3 is 2.56 bits per heavy atom. The van der Waals surface area contributed by atoms with Crippen molar-refractivity contribution in [2.45, 2.75) is 67.8 Å². The van der Waals surface area contributed by atoms with Gasteiger partial charge in [-0.25, -0.2) is 12.8 Å². The number of amides is 1. The summed E-state index contributed by atoms with van der Waals surface area (Å²) in [5.41, 5.74) is 0.600. The maximum Gasteiger partial charge on any atom is 0.241 e. The van der Waals surface area contributed by atoms with E-state index in [1.807, 2.05) is 13.8 Å². The number of hydrogen-bond acceptors (Lipinski definition) is 6. The lowest BCUT2D eigenvalue weighted by atomic mass is 9.87. The fourth-order valence-corrected chi connectivity index (χ4v) is 6.62. The number of fused-ring (bicyclic) bond motifs is 1. The lowest BCUT2D eigenvalue weighted by Crippen LogP contribution is -2.57. The minimum atomic E-state index is -4.14. The number of nitrogens with one attached hydrogen (secondary N) is 1. The zero-order valence-electron chi connectivity index (χ0n) is 21.7. The quantitative estimate of drug-likeness (QED) is 0.603. The van der Waals surface area contributed by atoms with Crippen molar-refractivity contribution in [3.63, 3.8) is 0 Å². The highest BCUT2D eigenvalue weighted by atomic mass is 32.2. The summed E-state index contributed by atoms with van der Waals surface area (Å²) in [6, 6.07) is 9.01. The molecule has 2 aliphatic heterocycles. The molecule has 0 aromatic heterocycles. The molecule has 1 amide bonds. The average molecular weight is 518 g/mol. The first-order chi connectivity index (χ1) is 17.0. The summed E-state index contributed by atoms with van der Waals surface area (Å²) in [5.74, 6) is -0.409. The number of benzene rings is 2. The van der Waals surface area contributed by atoms with Crippen molar-refractivity contribution in [3.8, 4) is 5.75 Å². The second kappa shape index (κ2) is 10.1. The van der Waals surface area contributed by atoms with Gasteiger partial charge in [-0.1, -0.05) is 27.2 Å². The van der Waals surface area contributed by atoms with Crippen molar-refractivity contribution in [2.75, 3.05) is 38.2 Å². The Bertz CT molecular complexity index is 1230. The largest absolute Gasteiger partial charge is 0.497 e. The number of ether oxygens (including phenoxy) is 1. The molecule has 0 saturated carbocycles. The summed E-state index contributed by atoms with van der Waals surface area (Å²) in [6.45, 7) is 10.3. The summed E-state index contributed by atoms with van der Waals surface area (Å²) < 4.78 is 47.1. The van der Waals surface area contributed by atoms with Gasteiger partial charge < -0.3 is 15.0 Å². The van der Waals surface area contributed by atoms with E-state index < -0.39 is 26.0 Å². The minimum Gasteiger partial charge on any atom is -0.497 e. The van der Waals surface area contributed by atoms with Crippen LogP contribution < -0.4 is 15.0 Å². The average Bonchev–Trinajstić information content (AvgIpc) is 3.10. The zero-order valence-corrected chi connectivity index (χ0v) is 22.5. The van der Waals surface area contributed by atoms with E-state index in [1.165, 1.54) is 43.5 Å². The van der Waals surface area contributed by atoms with Gasteiger partial charge in [-0.2, -0.15) is 0 Å². The molecule has 2 aromatic rings. The number of sulfone groups is 1. The van der Waals surface area contributed by atoms with Gasteiger partial charge in [-0.3, -0.25) is 9.69 Å². The van der Waals surface area contributed by atoms with Gasteiger partial charge in [0.15, 0.2) is 0 Å². The van der Waals surface area contributed by atoms with Crippen molar-refractivity contribution < 1.29 is 22.3 Å². The van der Waals surface area contributed by atoms with E-state index in [9.17, 15) is 13.2 Å². The molecule has 7 nitrogen and oxygen atoms in total. The summed E-state index contributed by atoms with van der Waals surface area (Å²) in [6.07, 6.45) is 2.02. The second-order valence-corrected chi connectivity index (χ2v) is 12.4. The van der Waals surface area contributed by atoms with Gasteiger partial charge in [0.05, 0.1) is 18.6 Å². The number of piperazine rings is 1. The van der Waals surface area contributed by atoms with E-state index in [1.54, 1.807) is 4.90 Å². The van der Waals surface area contributed by atoms with E-state index in [0.717, 1.165) is 25.9 Å². The van der Waals surface area contributed by atoms with Crippen molar-refractivity contribution in [1.82, 2.24) is 10.2 Å². The third-order valence-electron chi connectivity index (χ3n) is 7.27. The lowest BCUT2D eigenvalue weighted by molar-refractivity contribution is -0.120. The van der Waals surface area contributed by atoms with E-state index in [4.69, 9.17) is 4.74 Å². The molecular weight excluding hydrogens is 481 g/mol. The highest BCUT2D eigenvalue weighted by molar-refractivity contribution is 7.91. The standard InChI is InChI=1S/C27H36FN3O4S/c1-6-7-19-14-29-18(2)15-30(19)16-26(32)31-17-27(3,4)22-12-23(28)25(13-24(22)31)36(33,34)21-10-8-20(35-5)9-11-21/h8-13,18-19,29H,6-7,14-17H2,1-5H3/t18-,19+/m1/s1. The van der Waals surface area contributed by atoms with Crippen LogP contribution in [0.25, 0.3) is 0 Å². The van der Waals surface area contributed by atoms with E-state index in [2.05, 4.69) is 24.1 Å². The number of hydrogen-bond donors (Lipinski definition) is 1. The molecule has 0 aliphatic carbocycles. The van der Waals surface area contributed by atoms with Crippen LogP contribution in [0.3, 0.4) is 0 Å². The van der Waals surface area contributed by atoms with Crippen molar-refractivity contribution in [3.05, 3.63) is 47.8 Å². The highest BCUT2D eigenvalue weighted by Crippen LogP contribution is 2.43. The molecule has 0 spiro atoms. The number of nitrogens with zero attached hydrogens (tertiary/aromatic N) is 2. The number of halogens is 1. The number of carbonyl (C=O) groups excluding carboxylic acids is 1. The van der Waals surface area contributed by atoms with Gasteiger partial charge in [0.2, 0.25) is 15.7 Å². The van der Waals surface area contributed by atoms with E-state index in [0.29, 0.717) is 23.5 Å². The Morgan fingerprint density at radius 2 is 1.92 bits per heavy atom. The van der Waals surface area contributed by atoms with E-state index >= 15 is 4.39 Å². The van der Waals surface area contributed by atoms with Crippen LogP contribution in [-0.4, -0.2) is 64.6 Å². The molecule has 36 heavy (non-hydrogen) atoms. The predicted molar refractivity (Wildman–Crippen MR) is 138 cm³/mol. The third kappa shape index (κ3) is 5.01. The van der Waals surface area contributed by atoms with Crippen molar-refractivity contribution in [2.24, 2.45) is 0 Å². The first-order valence-electron chi connectivity index (χ1n) is 12.5. The van der Waals surface area contributed by atoms with Gasteiger partial charge >= 0.3 is 0 Å². The third-order valence-corrected chi connectivity index (χ3v) is 9.06. The number of methoxy groups -OCH3 is 1. The van der Waals surface area contributed by atoms with Crippen LogP contribution in [0.2, 0.25) is 0 Å². The normalized spacial score (nSPS) is 21.9. The van der Waals surface area contributed by atoms with Crippen LogP contribution in [-0.2, 0) is 20.0 Å². The second-order valence-electron chi connectivity index (χ2n) is 10.5. The molecule has 2 heterocycles. The maximum absolute atomic E-state index is 15.3. The topological polar surface area (TPSA) is 79.0 Å². The first kappa shape index (κ1) is 26.6. The minimum absolute atomic E-state index is 0.0329. The lowest BCUT2D eigenvalue weighted by Gasteiger charge is -2.39. The number of rotatable bonds is 7. The molecule has 1 fully saturated rings. The SMILES string of the molecule is CCC[C@H]1CN[C@H](C)CN1CC(=O)N1CC(C)(C)c2cc(F)c(S(=O)(=O)c3ccc(OC)cc3)cc21. The van der Waals surface area contributed by atoms with Gasteiger partial charge in [0.1, 0.15) is 16.5 Å². The molecule has 1 saturated heterocycles. The van der Waals surface area contributed by atoms with Crippen LogP contribution in [0.15, 0.2) is 46.2 Å². The van der Waals surface area contributed by atoms with Gasteiger partial charge in [0.25, 0.3) is 0 Å². The molecule has 196 valence electrons. The van der Waals surface area contributed by atoms with Gasteiger partial charge in [0, 0.05) is 42.8 Å². The Hall–Kier alpha value is -2.49. The van der Waals surface area contributed by atoms with Gasteiger partial charge in [-0.15, -0.1) is 0 Å². The molecule has 1 N–H and O–H groups in total. The molecule has 4 rings (SSSR count). The van der Waals surface area contributed by atoms with Gasteiger partial charge in [-0.05, 0) is 55.3 Å². The van der Waals surface area contributed by atoms with Crippen LogP contribution in [0, 0.1) is 5.82 Å². The number of anilines is 1. The Kier molecular flexibility index (Phi) is 7.46. The predicted octanol–water partition coefficient (Wildman–Crippen LogP) is 3.75. The molecular formula is C27H36FN3O4S. The van der Waals surface area contributed by atoms with Crippen LogP contribution in [0.5, 0.6) is 5.75 Å². The Labute approximate surface area is 213 Å². The van der Waals surface area contributed by atoms with Crippen LogP contribution >= 0.6 is 0 Å².